The molecule has 12 nitrogen and oxygen atoms in total. The number of carbonyl (C=O) groups excluding carboxylic acids is 3. The Morgan fingerprint density at radius 1 is 0.956 bits per heavy atom. The third-order valence-corrected chi connectivity index (χ3v) is 6.86. The van der Waals surface area contributed by atoms with Crippen molar-refractivity contribution in [3.63, 3.8) is 0 Å². The van der Waals surface area contributed by atoms with Gasteiger partial charge < -0.3 is 19.7 Å². The minimum absolute atomic E-state index is 0.0247. The molecule has 1 amide bonds. The van der Waals surface area contributed by atoms with Crippen LogP contribution in [0.5, 0.6) is 0 Å². The molecule has 1 aromatic heterocycles. The van der Waals surface area contributed by atoms with Gasteiger partial charge in [-0.1, -0.05) is 27.7 Å². The summed E-state index contributed by atoms with van der Waals surface area (Å²) in [6.45, 7) is 13.8. The monoisotopic (exact) mass is 615 g/mol. The van der Waals surface area contributed by atoms with E-state index in [0.29, 0.717) is 40.8 Å². The summed E-state index contributed by atoms with van der Waals surface area (Å²) in [5.74, 6) is 0.105. The number of hydrogen-bond acceptors (Lipinski definition) is 10. The van der Waals surface area contributed by atoms with Crippen LogP contribution in [0.15, 0.2) is 52.6 Å². The molecule has 45 heavy (non-hydrogen) atoms. The Balaban J connectivity index is 1.66. The van der Waals surface area contributed by atoms with Crippen LogP contribution in [0.4, 0.5) is 17.1 Å². The highest BCUT2D eigenvalue weighted by Crippen LogP contribution is 2.31. The predicted molar refractivity (Wildman–Crippen MR) is 174 cm³/mol. The number of amides is 1. The van der Waals surface area contributed by atoms with Crippen molar-refractivity contribution < 1.29 is 23.9 Å². The first-order valence-electron chi connectivity index (χ1n) is 15.2. The Bertz CT molecular complexity index is 1600. The van der Waals surface area contributed by atoms with Gasteiger partial charge in [0.05, 0.1) is 24.6 Å². The molecule has 238 valence electrons. The topological polar surface area (TPSA) is 140 Å². The lowest BCUT2D eigenvalue weighted by atomic mass is 9.87. The fraction of sp³-hybridized carbons (Fsp3) is 0.424. The maximum atomic E-state index is 12.3. The highest BCUT2D eigenvalue weighted by Gasteiger charge is 2.35. The third-order valence-electron chi connectivity index (χ3n) is 6.86. The average Bonchev–Trinajstić information content (AvgIpc) is 3.54. The molecule has 3 aromatic rings. The zero-order valence-corrected chi connectivity index (χ0v) is 27.0. The number of aryl methyl sites for hydroxylation is 1. The van der Waals surface area contributed by atoms with E-state index in [1.807, 2.05) is 56.3 Å². The summed E-state index contributed by atoms with van der Waals surface area (Å²) in [6, 6.07) is 12.9. The predicted octanol–water partition coefficient (Wildman–Crippen LogP) is 5.31. The number of rotatable bonds is 12. The molecule has 1 aliphatic heterocycles. The second-order valence-electron chi connectivity index (χ2n) is 11.6. The van der Waals surface area contributed by atoms with Crippen LogP contribution in [0.1, 0.15) is 65.8 Å². The lowest BCUT2D eigenvalue weighted by molar-refractivity contribution is -0.142. The standard InChI is InChI=1S/C33H41N7O5/c1-8-11-26(41)34-23-14-12-22(13-15-23)31-36-32-29(30(33(5,6)7)37-40(32)38-31)35-25-17-16-24(18-21(25)4)39(19-27(42)44-9-2)20-28(43)45-10-3/h12-18H,8-11,19-20H2,1-7H3,(H,34,41)/b35-29-. The molecule has 0 unspecified atom stereocenters. The molecule has 1 aliphatic rings. The molecule has 2 heterocycles. The summed E-state index contributed by atoms with van der Waals surface area (Å²) >= 11 is 0. The molecule has 0 saturated carbocycles. The molecule has 0 spiro atoms. The zero-order valence-electron chi connectivity index (χ0n) is 27.0. The van der Waals surface area contributed by atoms with E-state index in [2.05, 4.69) is 31.2 Å². The normalized spacial score (nSPS) is 13.3. The van der Waals surface area contributed by atoms with E-state index in [1.54, 1.807) is 18.7 Å². The summed E-state index contributed by atoms with van der Waals surface area (Å²) in [5.41, 5.74) is 4.66. The fourth-order valence-electron chi connectivity index (χ4n) is 4.70. The Hall–Kier alpha value is -4.87. The smallest absolute Gasteiger partial charge is 0.325 e. The van der Waals surface area contributed by atoms with Crippen LogP contribution < -0.4 is 10.2 Å². The number of aliphatic imine (C=N–C) groups is 1. The Morgan fingerprint density at radius 3 is 2.16 bits per heavy atom. The van der Waals surface area contributed by atoms with E-state index in [-0.39, 0.29) is 37.6 Å². The molecule has 0 bridgehead atoms. The van der Waals surface area contributed by atoms with E-state index in [1.165, 1.54) is 4.79 Å². The van der Waals surface area contributed by atoms with Gasteiger partial charge in [-0.2, -0.15) is 5.10 Å². The number of hydrogen-bond donors (Lipinski definition) is 1. The molecule has 0 radical (unpaired) electrons. The van der Waals surface area contributed by atoms with Crippen molar-refractivity contribution in [1.82, 2.24) is 14.9 Å². The van der Waals surface area contributed by atoms with Crippen molar-refractivity contribution >= 4 is 46.3 Å². The number of fused-ring (bicyclic) bond motifs is 1. The lowest BCUT2D eigenvalue weighted by Gasteiger charge is -2.23. The second kappa shape index (κ2) is 14.3. The fourth-order valence-corrected chi connectivity index (χ4v) is 4.70. The molecule has 12 heteroatoms. The van der Waals surface area contributed by atoms with E-state index in [4.69, 9.17) is 24.6 Å². The molecule has 2 aromatic carbocycles. The van der Waals surface area contributed by atoms with Crippen LogP contribution in [0.3, 0.4) is 0 Å². The van der Waals surface area contributed by atoms with Gasteiger partial charge in [-0.15, -0.1) is 9.89 Å². The molecule has 0 fully saturated rings. The first kappa shape index (κ1) is 33.0. The number of anilines is 2. The molecular formula is C33H41N7O5. The van der Waals surface area contributed by atoms with Gasteiger partial charge in [-0.05, 0) is 75.2 Å². The van der Waals surface area contributed by atoms with Crippen molar-refractivity contribution in [3.05, 3.63) is 53.9 Å². The van der Waals surface area contributed by atoms with E-state index in [9.17, 15) is 14.4 Å². The van der Waals surface area contributed by atoms with Gasteiger partial charge in [0.15, 0.2) is 5.82 Å². The van der Waals surface area contributed by atoms with Gasteiger partial charge in [-0.3, -0.25) is 14.4 Å². The summed E-state index contributed by atoms with van der Waals surface area (Å²) in [5, 5.41) is 12.3. The van der Waals surface area contributed by atoms with Crippen LogP contribution in [0.25, 0.3) is 11.4 Å². The third kappa shape index (κ3) is 8.20. The van der Waals surface area contributed by atoms with Gasteiger partial charge in [-0.25, -0.2) is 9.98 Å². The summed E-state index contributed by atoms with van der Waals surface area (Å²) in [4.78, 5) is 49.5. The summed E-state index contributed by atoms with van der Waals surface area (Å²) < 4.78 is 10.2. The quantitative estimate of drug-likeness (QED) is 0.270. The zero-order chi connectivity index (χ0) is 32.7. The van der Waals surface area contributed by atoms with Crippen molar-refractivity contribution in [3.8, 4) is 11.4 Å². The number of aromatic nitrogens is 3. The van der Waals surface area contributed by atoms with Crippen molar-refractivity contribution in [2.24, 2.45) is 15.5 Å². The number of ether oxygens (including phenoxy) is 2. The maximum absolute atomic E-state index is 12.3. The maximum Gasteiger partial charge on any atom is 0.325 e. The lowest BCUT2D eigenvalue weighted by Crippen LogP contribution is -2.36. The highest BCUT2D eigenvalue weighted by molar-refractivity contribution is 6.50. The van der Waals surface area contributed by atoms with Gasteiger partial charge in [0.1, 0.15) is 18.8 Å². The molecule has 4 rings (SSSR count). The van der Waals surface area contributed by atoms with Crippen molar-refractivity contribution in [2.45, 2.75) is 61.3 Å². The van der Waals surface area contributed by atoms with E-state index >= 15 is 0 Å². The molecule has 0 aliphatic carbocycles. The number of esters is 2. The minimum Gasteiger partial charge on any atom is -0.465 e. The van der Waals surface area contributed by atoms with Crippen LogP contribution in [0.2, 0.25) is 0 Å². The molecule has 0 atom stereocenters. The number of carbonyl (C=O) groups is 3. The number of nitrogens with one attached hydrogen (secondary N) is 1. The summed E-state index contributed by atoms with van der Waals surface area (Å²) in [6.07, 6.45) is 1.25. The Labute approximate surface area is 263 Å². The van der Waals surface area contributed by atoms with Gasteiger partial charge in [0, 0.05) is 28.8 Å². The SMILES string of the molecule is CCCC(=O)Nc1ccc(-c2nc3n(n2)N=C(C(C)(C)C)/C3=N/c2ccc(N(CC(=O)OCC)CC(=O)OCC)cc2C)cc1. The second-order valence-corrected chi connectivity index (χ2v) is 11.6. The van der Waals surface area contributed by atoms with Crippen LogP contribution in [-0.2, 0) is 23.9 Å². The largest absolute Gasteiger partial charge is 0.465 e. The first-order valence-corrected chi connectivity index (χ1v) is 15.2. The van der Waals surface area contributed by atoms with Gasteiger partial charge >= 0.3 is 11.9 Å². The first-order chi connectivity index (χ1) is 21.4. The molecule has 1 N–H and O–H groups in total. The molecular weight excluding hydrogens is 574 g/mol. The summed E-state index contributed by atoms with van der Waals surface area (Å²) in [7, 11) is 0. The Kier molecular flexibility index (Phi) is 10.5. The van der Waals surface area contributed by atoms with E-state index in [0.717, 1.165) is 23.3 Å². The van der Waals surface area contributed by atoms with Crippen molar-refractivity contribution in [1.29, 1.82) is 0 Å². The van der Waals surface area contributed by atoms with E-state index < -0.39 is 11.9 Å². The Morgan fingerprint density at radius 2 is 1.60 bits per heavy atom. The molecule has 0 saturated heterocycles. The highest BCUT2D eigenvalue weighted by atomic mass is 16.5. The van der Waals surface area contributed by atoms with Crippen LogP contribution >= 0.6 is 0 Å². The number of nitrogens with zero attached hydrogens (tertiary/aromatic N) is 6. The van der Waals surface area contributed by atoms with Gasteiger partial charge in [0.25, 0.3) is 0 Å². The minimum atomic E-state index is -0.438. The van der Waals surface area contributed by atoms with Crippen LogP contribution in [-0.4, -0.2) is 70.4 Å². The number of benzene rings is 2. The van der Waals surface area contributed by atoms with Crippen molar-refractivity contribution in [2.75, 3.05) is 36.5 Å². The van der Waals surface area contributed by atoms with Crippen LogP contribution in [0, 0.1) is 12.3 Å². The average molecular weight is 616 g/mol. The van der Waals surface area contributed by atoms with Gasteiger partial charge in [0.2, 0.25) is 11.7 Å².